The highest BCUT2D eigenvalue weighted by molar-refractivity contribution is 7.12. The average Bonchev–Trinajstić information content (AvgIpc) is 2.59. The summed E-state index contributed by atoms with van der Waals surface area (Å²) in [6, 6.07) is 1.90. The Bertz CT molecular complexity index is 440. The topological polar surface area (TPSA) is 57.0 Å². The van der Waals surface area contributed by atoms with E-state index in [1.807, 2.05) is 6.07 Å². The molecule has 0 radical (unpaired) electrons. The highest BCUT2D eigenvalue weighted by Crippen LogP contribution is 2.16. The van der Waals surface area contributed by atoms with Crippen molar-refractivity contribution in [3.05, 3.63) is 27.9 Å². The number of nitrogens with zero attached hydrogens (tertiary/aromatic N) is 3. The molecule has 0 saturated carbocycles. The number of carbonyl (C=O) groups is 1. The summed E-state index contributed by atoms with van der Waals surface area (Å²) < 4.78 is 0. The maximum Gasteiger partial charge on any atom is 0.216 e. The number of hydrogen-bond acceptors (Lipinski definition) is 5. The molecule has 0 atom stereocenters. The molecule has 0 unspecified atom stereocenters. The molecule has 0 fully saturated rings. The highest BCUT2D eigenvalue weighted by atomic mass is 32.1. The van der Waals surface area contributed by atoms with Gasteiger partial charge in [-0.2, -0.15) is 5.26 Å². The maximum absolute atomic E-state index is 11.8. The fourth-order valence-electron chi connectivity index (χ4n) is 1.04. The standard InChI is InChI=1S/C10H11N3OS/c1-7-10(15-6-12-7)9(14)8(4-11)5-13(2)3/h5-6H,1-3H3/b8-5+. The van der Waals surface area contributed by atoms with Crippen molar-refractivity contribution < 1.29 is 4.79 Å². The number of aryl methyl sites for hydroxylation is 1. The summed E-state index contributed by atoms with van der Waals surface area (Å²) in [5, 5.41) is 8.85. The van der Waals surface area contributed by atoms with Crippen LogP contribution in [-0.2, 0) is 0 Å². The molecule has 0 aromatic carbocycles. The van der Waals surface area contributed by atoms with Crippen LogP contribution in [0.5, 0.6) is 0 Å². The van der Waals surface area contributed by atoms with E-state index in [0.717, 1.165) is 0 Å². The van der Waals surface area contributed by atoms with Gasteiger partial charge in [-0.3, -0.25) is 4.79 Å². The van der Waals surface area contributed by atoms with Gasteiger partial charge in [0, 0.05) is 20.3 Å². The minimum absolute atomic E-state index is 0.132. The Morgan fingerprint density at radius 1 is 1.67 bits per heavy atom. The van der Waals surface area contributed by atoms with Crippen LogP contribution >= 0.6 is 11.3 Å². The van der Waals surface area contributed by atoms with Crippen LogP contribution in [0.1, 0.15) is 15.4 Å². The molecule has 0 aliphatic heterocycles. The van der Waals surface area contributed by atoms with Crippen molar-refractivity contribution in [2.45, 2.75) is 6.92 Å². The van der Waals surface area contributed by atoms with Crippen molar-refractivity contribution in [2.75, 3.05) is 14.1 Å². The molecule has 0 N–H and O–H groups in total. The van der Waals surface area contributed by atoms with E-state index in [2.05, 4.69) is 4.98 Å². The minimum Gasteiger partial charge on any atom is -0.382 e. The molecule has 0 bridgehead atoms. The van der Waals surface area contributed by atoms with Gasteiger partial charge in [0.15, 0.2) is 0 Å². The third-order valence-electron chi connectivity index (χ3n) is 1.70. The predicted octanol–water partition coefficient (Wildman–Crippen LogP) is 1.60. The number of Topliss-reactive ketones (excluding diaryl/α,β-unsaturated/α-hetero) is 1. The van der Waals surface area contributed by atoms with Crippen LogP contribution in [0.15, 0.2) is 17.3 Å². The van der Waals surface area contributed by atoms with Crippen molar-refractivity contribution in [1.29, 1.82) is 5.26 Å². The number of thiazole rings is 1. The first-order valence-corrected chi connectivity index (χ1v) is 5.17. The zero-order chi connectivity index (χ0) is 11.4. The van der Waals surface area contributed by atoms with E-state index in [-0.39, 0.29) is 11.4 Å². The van der Waals surface area contributed by atoms with Crippen LogP contribution in [0.25, 0.3) is 0 Å². The molecule has 4 nitrogen and oxygen atoms in total. The van der Waals surface area contributed by atoms with Gasteiger partial charge in [0.25, 0.3) is 0 Å². The Kier molecular flexibility index (Phi) is 3.58. The Morgan fingerprint density at radius 2 is 2.33 bits per heavy atom. The van der Waals surface area contributed by atoms with Gasteiger partial charge in [0.2, 0.25) is 5.78 Å². The summed E-state index contributed by atoms with van der Waals surface area (Å²) in [5.74, 6) is -0.258. The summed E-state index contributed by atoms with van der Waals surface area (Å²) >= 11 is 1.26. The summed E-state index contributed by atoms with van der Waals surface area (Å²) in [4.78, 5) is 18.0. The lowest BCUT2D eigenvalue weighted by atomic mass is 10.1. The first-order chi connectivity index (χ1) is 7.06. The third-order valence-corrected chi connectivity index (χ3v) is 2.63. The lowest BCUT2D eigenvalue weighted by Gasteiger charge is -2.05. The molecule has 0 saturated heterocycles. The predicted molar refractivity (Wildman–Crippen MR) is 58.6 cm³/mol. The van der Waals surface area contributed by atoms with Gasteiger partial charge < -0.3 is 4.90 Å². The smallest absolute Gasteiger partial charge is 0.216 e. The van der Waals surface area contributed by atoms with Crippen LogP contribution in [0.2, 0.25) is 0 Å². The van der Waals surface area contributed by atoms with Crippen molar-refractivity contribution in [3.63, 3.8) is 0 Å². The SMILES string of the molecule is Cc1ncsc1C(=O)/C(C#N)=C/N(C)C. The van der Waals surface area contributed by atoms with Crippen molar-refractivity contribution in [2.24, 2.45) is 0 Å². The number of rotatable bonds is 3. The zero-order valence-corrected chi connectivity index (χ0v) is 9.63. The molecule has 0 aliphatic rings. The van der Waals surface area contributed by atoms with Crippen LogP contribution in [-0.4, -0.2) is 29.8 Å². The molecule has 15 heavy (non-hydrogen) atoms. The Balaban J connectivity index is 3.05. The lowest BCUT2D eigenvalue weighted by Crippen LogP contribution is -2.08. The maximum atomic E-state index is 11.8. The van der Waals surface area contributed by atoms with Crippen LogP contribution < -0.4 is 0 Å². The zero-order valence-electron chi connectivity index (χ0n) is 8.81. The number of nitriles is 1. The van der Waals surface area contributed by atoms with E-state index in [9.17, 15) is 4.79 Å². The molecule has 5 heteroatoms. The fraction of sp³-hybridized carbons (Fsp3) is 0.300. The second-order valence-electron chi connectivity index (χ2n) is 3.21. The first-order valence-electron chi connectivity index (χ1n) is 4.29. The quantitative estimate of drug-likeness (QED) is 0.442. The minimum atomic E-state index is -0.258. The van der Waals surface area contributed by atoms with E-state index >= 15 is 0 Å². The monoisotopic (exact) mass is 221 g/mol. The molecular formula is C10H11N3OS. The summed E-state index contributed by atoms with van der Waals surface area (Å²) in [5.41, 5.74) is 2.41. The molecule has 0 spiro atoms. The summed E-state index contributed by atoms with van der Waals surface area (Å²) in [6.45, 7) is 1.76. The van der Waals surface area contributed by atoms with Crippen LogP contribution in [0.3, 0.4) is 0 Å². The molecule has 1 heterocycles. The van der Waals surface area contributed by atoms with E-state index in [1.165, 1.54) is 17.5 Å². The highest BCUT2D eigenvalue weighted by Gasteiger charge is 2.16. The molecule has 0 aliphatic carbocycles. The molecule has 0 amide bonds. The van der Waals surface area contributed by atoms with Gasteiger partial charge in [0.05, 0.1) is 16.1 Å². The fourth-order valence-corrected chi connectivity index (χ4v) is 1.80. The molecular weight excluding hydrogens is 210 g/mol. The van der Waals surface area contributed by atoms with E-state index < -0.39 is 0 Å². The van der Waals surface area contributed by atoms with Gasteiger partial charge in [-0.05, 0) is 6.92 Å². The van der Waals surface area contributed by atoms with Gasteiger partial charge in [-0.1, -0.05) is 0 Å². The number of aromatic nitrogens is 1. The van der Waals surface area contributed by atoms with Crippen LogP contribution in [0.4, 0.5) is 0 Å². The van der Waals surface area contributed by atoms with Gasteiger partial charge in [0.1, 0.15) is 11.6 Å². The first kappa shape index (κ1) is 11.4. The summed E-state index contributed by atoms with van der Waals surface area (Å²) in [7, 11) is 3.54. The average molecular weight is 221 g/mol. The lowest BCUT2D eigenvalue weighted by molar-refractivity contribution is 0.104. The van der Waals surface area contributed by atoms with E-state index in [4.69, 9.17) is 5.26 Å². The number of carbonyl (C=O) groups excluding carboxylic acids is 1. The second kappa shape index (κ2) is 4.71. The molecule has 1 aromatic heterocycles. The van der Waals surface area contributed by atoms with Gasteiger partial charge in [-0.25, -0.2) is 4.98 Å². The van der Waals surface area contributed by atoms with Crippen molar-refractivity contribution in [1.82, 2.24) is 9.88 Å². The van der Waals surface area contributed by atoms with Gasteiger partial charge >= 0.3 is 0 Å². The largest absolute Gasteiger partial charge is 0.382 e. The van der Waals surface area contributed by atoms with E-state index in [0.29, 0.717) is 10.6 Å². The molecule has 1 aromatic rings. The third kappa shape index (κ3) is 2.64. The van der Waals surface area contributed by atoms with Crippen molar-refractivity contribution in [3.8, 4) is 6.07 Å². The Labute approximate surface area is 92.5 Å². The number of allylic oxidation sites excluding steroid dienone is 1. The summed E-state index contributed by atoms with van der Waals surface area (Å²) in [6.07, 6.45) is 1.52. The number of hydrogen-bond donors (Lipinski definition) is 0. The second-order valence-corrected chi connectivity index (χ2v) is 4.07. The Morgan fingerprint density at radius 3 is 2.73 bits per heavy atom. The Hall–Kier alpha value is -1.67. The van der Waals surface area contributed by atoms with Crippen molar-refractivity contribution >= 4 is 17.1 Å². The number of ketones is 1. The van der Waals surface area contributed by atoms with E-state index in [1.54, 1.807) is 31.4 Å². The molecule has 78 valence electrons. The normalized spacial score (nSPS) is 10.9. The van der Waals surface area contributed by atoms with Crippen LogP contribution in [0, 0.1) is 18.3 Å². The van der Waals surface area contributed by atoms with Gasteiger partial charge in [-0.15, -0.1) is 11.3 Å². The molecule has 1 rings (SSSR count).